The van der Waals surface area contributed by atoms with Gasteiger partial charge in [-0.1, -0.05) is 11.6 Å². The van der Waals surface area contributed by atoms with Gasteiger partial charge in [-0.2, -0.15) is 13.2 Å². The van der Waals surface area contributed by atoms with Gasteiger partial charge in [-0.15, -0.1) is 0 Å². The largest absolute Gasteiger partial charge is 0.480 e. The SMILES string of the molecule is COCCCC(Nc1ncc(C(F)(F)F)cc1Cl)C(=O)O. The van der Waals surface area contributed by atoms with E-state index in [0.717, 1.165) is 0 Å². The van der Waals surface area contributed by atoms with Crippen LogP contribution in [-0.4, -0.2) is 35.8 Å². The van der Waals surface area contributed by atoms with Crippen LogP contribution in [0.4, 0.5) is 19.0 Å². The molecule has 0 saturated heterocycles. The molecule has 0 amide bonds. The zero-order valence-corrected chi connectivity index (χ0v) is 11.8. The molecule has 2 N–H and O–H groups in total. The number of aromatic nitrogens is 1. The van der Waals surface area contributed by atoms with Crippen LogP contribution < -0.4 is 5.32 Å². The first kappa shape index (κ1) is 17.5. The lowest BCUT2D eigenvalue weighted by Crippen LogP contribution is -2.30. The number of pyridine rings is 1. The lowest BCUT2D eigenvalue weighted by atomic mass is 10.1. The third-order valence-corrected chi connectivity index (χ3v) is 2.91. The smallest absolute Gasteiger partial charge is 0.417 e. The normalized spacial score (nSPS) is 13.0. The van der Waals surface area contributed by atoms with E-state index in [2.05, 4.69) is 10.3 Å². The Morgan fingerprint density at radius 3 is 2.71 bits per heavy atom. The monoisotopic (exact) mass is 326 g/mol. The number of anilines is 1. The number of nitrogens with zero attached hydrogens (tertiary/aromatic N) is 1. The van der Waals surface area contributed by atoms with E-state index in [4.69, 9.17) is 21.4 Å². The first-order chi connectivity index (χ1) is 9.75. The van der Waals surface area contributed by atoms with Crippen LogP contribution in [0, 0.1) is 0 Å². The Kier molecular flexibility index (Phi) is 6.22. The molecule has 5 nitrogen and oxygen atoms in total. The Morgan fingerprint density at radius 2 is 2.24 bits per heavy atom. The lowest BCUT2D eigenvalue weighted by molar-refractivity contribution is -0.139. The van der Waals surface area contributed by atoms with Gasteiger partial charge in [0.1, 0.15) is 11.9 Å². The molecule has 9 heteroatoms. The molecule has 0 fully saturated rings. The van der Waals surface area contributed by atoms with Crippen LogP contribution in [-0.2, 0) is 15.7 Å². The molecule has 0 aliphatic rings. The molecule has 0 radical (unpaired) electrons. The molecule has 0 spiro atoms. The molecule has 0 saturated carbocycles. The van der Waals surface area contributed by atoms with E-state index in [1.807, 2.05) is 0 Å². The van der Waals surface area contributed by atoms with E-state index in [0.29, 0.717) is 25.3 Å². The summed E-state index contributed by atoms with van der Waals surface area (Å²) >= 11 is 5.70. The zero-order chi connectivity index (χ0) is 16.0. The van der Waals surface area contributed by atoms with Crippen molar-refractivity contribution < 1.29 is 27.8 Å². The van der Waals surface area contributed by atoms with Gasteiger partial charge < -0.3 is 15.2 Å². The number of alkyl halides is 3. The van der Waals surface area contributed by atoms with Crippen molar-refractivity contribution in [2.45, 2.75) is 25.1 Å². The summed E-state index contributed by atoms with van der Waals surface area (Å²) in [6.45, 7) is 0.375. The van der Waals surface area contributed by atoms with Crippen molar-refractivity contribution in [1.29, 1.82) is 0 Å². The fourth-order valence-corrected chi connectivity index (χ4v) is 1.77. The zero-order valence-electron chi connectivity index (χ0n) is 11.1. The maximum Gasteiger partial charge on any atom is 0.417 e. The van der Waals surface area contributed by atoms with E-state index >= 15 is 0 Å². The number of halogens is 4. The van der Waals surface area contributed by atoms with Crippen LogP contribution >= 0.6 is 11.6 Å². The van der Waals surface area contributed by atoms with Gasteiger partial charge in [-0.25, -0.2) is 9.78 Å². The molecular formula is C12H14ClF3N2O3. The summed E-state index contributed by atoms with van der Waals surface area (Å²) in [5.74, 6) is -1.25. The fourth-order valence-electron chi connectivity index (χ4n) is 1.55. The topological polar surface area (TPSA) is 71.5 Å². The number of carboxylic acid groups (broad SMARTS) is 1. The summed E-state index contributed by atoms with van der Waals surface area (Å²) < 4.78 is 42.2. The third-order valence-electron chi connectivity index (χ3n) is 2.62. The Labute approximate surface area is 124 Å². The Hall–Kier alpha value is -1.54. The number of hydrogen-bond acceptors (Lipinski definition) is 4. The van der Waals surface area contributed by atoms with Crippen molar-refractivity contribution in [3.05, 3.63) is 22.8 Å². The van der Waals surface area contributed by atoms with E-state index in [1.165, 1.54) is 7.11 Å². The molecule has 0 aliphatic carbocycles. The first-order valence-corrected chi connectivity index (χ1v) is 6.34. The second-order valence-corrected chi connectivity index (χ2v) is 4.63. The van der Waals surface area contributed by atoms with Gasteiger partial charge in [-0.05, 0) is 18.9 Å². The second kappa shape index (κ2) is 7.46. The highest BCUT2D eigenvalue weighted by Gasteiger charge is 2.32. The van der Waals surface area contributed by atoms with Crippen molar-refractivity contribution in [3.8, 4) is 0 Å². The van der Waals surface area contributed by atoms with Crippen LogP contribution in [0.25, 0.3) is 0 Å². The molecule has 0 aromatic carbocycles. The summed E-state index contributed by atoms with van der Waals surface area (Å²) in [5, 5.41) is 11.3. The number of methoxy groups -OCH3 is 1. The summed E-state index contributed by atoms with van der Waals surface area (Å²) in [6, 6.07) is -0.313. The molecular weight excluding hydrogens is 313 g/mol. The lowest BCUT2D eigenvalue weighted by Gasteiger charge is -2.16. The van der Waals surface area contributed by atoms with Crippen LogP contribution in [0.2, 0.25) is 5.02 Å². The second-order valence-electron chi connectivity index (χ2n) is 4.22. The average Bonchev–Trinajstić information content (AvgIpc) is 2.38. The minimum Gasteiger partial charge on any atom is -0.480 e. The quantitative estimate of drug-likeness (QED) is 0.754. The standard InChI is InChI=1S/C12H14ClF3N2O3/c1-21-4-2-3-9(11(19)20)18-10-8(13)5-7(6-17-10)12(14,15)16/h5-6,9H,2-4H2,1H3,(H,17,18)(H,19,20). The molecule has 118 valence electrons. The molecule has 1 atom stereocenters. The highest BCUT2D eigenvalue weighted by atomic mass is 35.5. The molecule has 1 aromatic heterocycles. The van der Waals surface area contributed by atoms with Crippen molar-refractivity contribution in [1.82, 2.24) is 4.98 Å². The van der Waals surface area contributed by atoms with Crippen LogP contribution in [0.5, 0.6) is 0 Å². The first-order valence-electron chi connectivity index (χ1n) is 5.96. The number of hydrogen-bond donors (Lipinski definition) is 2. The third kappa shape index (κ3) is 5.39. The highest BCUT2D eigenvalue weighted by molar-refractivity contribution is 6.33. The molecule has 0 bridgehead atoms. The van der Waals surface area contributed by atoms with Crippen molar-refractivity contribution in [3.63, 3.8) is 0 Å². The predicted molar refractivity (Wildman–Crippen MR) is 70.4 cm³/mol. The Balaban J connectivity index is 2.82. The van der Waals surface area contributed by atoms with Gasteiger partial charge in [0.15, 0.2) is 0 Å². The van der Waals surface area contributed by atoms with Crippen LogP contribution in [0.3, 0.4) is 0 Å². The van der Waals surface area contributed by atoms with Gasteiger partial charge in [0.2, 0.25) is 0 Å². The molecule has 1 unspecified atom stereocenters. The highest BCUT2D eigenvalue weighted by Crippen LogP contribution is 2.32. The van der Waals surface area contributed by atoms with Gasteiger partial charge >= 0.3 is 12.1 Å². The minimum atomic E-state index is -4.56. The number of nitrogens with one attached hydrogen (secondary N) is 1. The van der Waals surface area contributed by atoms with E-state index in [1.54, 1.807) is 0 Å². The molecule has 1 aromatic rings. The minimum absolute atomic E-state index is 0.102. The summed E-state index contributed by atoms with van der Waals surface area (Å²) in [5.41, 5.74) is -0.996. The van der Waals surface area contributed by atoms with Gasteiger partial charge in [0, 0.05) is 19.9 Å². The molecule has 21 heavy (non-hydrogen) atoms. The summed E-state index contributed by atoms with van der Waals surface area (Å²) in [7, 11) is 1.48. The van der Waals surface area contributed by atoms with Crippen molar-refractivity contribution in [2.24, 2.45) is 0 Å². The molecule has 1 heterocycles. The number of aliphatic carboxylic acids is 1. The molecule has 0 aliphatic heterocycles. The van der Waals surface area contributed by atoms with Crippen molar-refractivity contribution >= 4 is 23.4 Å². The number of ether oxygens (including phenoxy) is 1. The summed E-state index contributed by atoms with van der Waals surface area (Å²) in [4.78, 5) is 14.6. The van der Waals surface area contributed by atoms with Gasteiger partial charge in [-0.3, -0.25) is 0 Å². The van der Waals surface area contributed by atoms with Gasteiger partial charge in [0.05, 0.1) is 10.6 Å². The Morgan fingerprint density at radius 1 is 1.57 bits per heavy atom. The van der Waals surface area contributed by atoms with E-state index in [-0.39, 0.29) is 17.3 Å². The van der Waals surface area contributed by atoms with Crippen LogP contribution in [0.1, 0.15) is 18.4 Å². The van der Waals surface area contributed by atoms with E-state index < -0.39 is 23.8 Å². The summed E-state index contributed by atoms with van der Waals surface area (Å²) in [6.07, 6.45) is -3.26. The van der Waals surface area contributed by atoms with Gasteiger partial charge in [0.25, 0.3) is 0 Å². The predicted octanol–water partition coefficient (Wildman–Crippen LogP) is 3.05. The maximum absolute atomic E-state index is 12.5. The number of carbonyl (C=O) groups is 1. The number of rotatable bonds is 7. The van der Waals surface area contributed by atoms with E-state index in [9.17, 15) is 18.0 Å². The molecule has 1 rings (SSSR count). The average molecular weight is 327 g/mol. The fraction of sp³-hybridized carbons (Fsp3) is 0.500. The Bertz CT molecular complexity index is 497. The van der Waals surface area contributed by atoms with Crippen LogP contribution in [0.15, 0.2) is 12.3 Å². The van der Waals surface area contributed by atoms with Crippen molar-refractivity contribution in [2.75, 3.05) is 19.0 Å². The number of carboxylic acids is 1. The maximum atomic E-state index is 12.5.